The SMILES string of the molecule is C=Cc1c(C)n(CCCl)c2ccccc12. The monoisotopic (exact) mass is 219 g/mol. The van der Waals surface area contributed by atoms with Crippen LogP contribution in [0.4, 0.5) is 0 Å². The molecule has 1 aromatic heterocycles. The molecule has 1 heterocycles. The summed E-state index contributed by atoms with van der Waals surface area (Å²) >= 11 is 5.81. The van der Waals surface area contributed by atoms with Gasteiger partial charge in [-0.15, -0.1) is 11.6 Å². The van der Waals surface area contributed by atoms with Crippen molar-refractivity contribution in [1.29, 1.82) is 0 Å². The summed E-state index contributed by atoms with van der Waals surface area (Å²) in [5.74, 6) is 0.635. The van der Waals surface area contributed by atoms with E-state index in [9.17, 15) is 0 Å². The summed E-state index contributed by atoms with van der Waals surface area (Å²) in [6.45, 7) is 6.83. The number of para-hydroxylation sites is 1. The van der Waals surface area contributed by atoms with Gasteiger partial charge < -0.3 is 4.57 Å². The zero-order valence-corrected chi connectivity index (χ0v) is 9.59. The smallest absolute Gasteiger partial charge is 0.0489 e. The van der Waals surface area contributed by atoms with Crippen LogP contribution in [0.15, 0.2) is 30.8 Å². The van der Waals surface area contributed by atoms with E-state index >= 15 is 0 Å². The number of aryl methyl sites for hydroxylation is 1. The third-order valence-corrected chi connectivity index (χ3v) is 2.96. The van der Waals surface area contributed by atoms with Crippen molar-refractivity contribution in [2.45, 2.75) is 13.5 Å². The second-order valence-corrected chi connectivity index (χ2v) is 3.94. The Labute approximate surface area is 95.0 Å². The summed E-state index contributed by atoms with van der Waals surface area (Å²) in [4.78, 5) is 0. The van der Waals surface area contributed by atoms with Gasteiger partial charge in [-0.1, -0.05) is 30.9 Å². The molecule has 2 heteroatoms. The molecule has 2 aromatic rings. The zero-order chi connectivity index (χ0) is 10.8. The Hall–Kier alpha value is -1.21. The predicted octanol–water partition coefficient (Wildman–Crippen LogP) is 3.83. The molecule has 0 aliphatic carbocycles. The average molecular weight is 220 g/mol. The van der Waals surface area contributed by atoms with Crippen LogP contribution in [0.25, 0.3) is 17.0 Å². The van der Waals surface area contributed by atoms with Crippen LogP contribution in [0.3, 0.4) is 0 Å². The van der Waals surface area contributed by atoms with Crippen molar-refractivity contribution in [3.63, 3.8) is 0 Å². The quantitative estimate of drug-likeness (QED) is 0.692. The molecular weight excluding hydrogens is 206 g/mol. The molecule has 0 aliphatic rings. The highest BCUT2D eigenvalue weighted by atomic mass is 35.5. The fourth-order valence-electron chi connectivity index (χ4n) is 2.09. The van der Waals surface area contributed by atoms with Crippen molar-refractivity contribution in [2.24, 2.45) is 0 Å². The first-order valence-electron chi connectivity index (χ1n) is 5.05. The number of aromatic nitrogens is 1. The van der Waals surface area contributed by atoms with Crippen molar-refractivity contribution in [1.82, 2.24) is 4.57 Å². The molecule has 0 spiro atoms. The molecule has 0 fully saturated rings. The molecule has 15 heavy (non-hydrogen) atoms. The van der Waals surface area contributed by atoms with E-state index in [1.165, 1.54) is 22.2 Å². The van der Waals surface area contributed by atoms with Crippen molar-refractivity contribution in [3.05, 3.63) is 42.1 Å². The summed E-state index contributed by atoms with van der Waals surface area (Å²) < 4.78 is 2.25. The third-order valence-electron chi connectivity index (χ3n) is 2.79. The van der Waals surface area contributed by atoms with Crippen LogP contribution in [-0.2, 0) is 6.54 Å². The molecule has 0 aliphatic heterocycles. The second-order valence-electron chi connectivity index (χ2n) is 3.56. The largest absolute Gasteiger partial charge is 0.343 e. The zero-order valence-electron chi connectivity index (χ0n) is 8.83. The summed E-state index contributed by atoms with van der Waals surface area (Å²) in [5.41, 5.74) is 3.70. The first kappa shape index (κ1) is 10.3. The van der Waals surface area contributed by atoms with E-state index in [2.05, 4.69) is 42.3 Å². The lowest BCUT2D eigenvalue weighted by molar-refractivity contribution is 0.774. The Kier molecular flexibility index (Phi) is 2.83. The van der Waals surface area contributed by atoms with Gasteiger partial charge in [0.25, 0.3) is 0 Å². The van der Waals surface area contributed by atoms with Crippen molar-refractivity contribution in [2.75, 3.05) is 5.88 Å². The van der Waals surface area contributed by atoms with Crippen LogP contribution in [0.5, 0.6) is 0 Å². The maximum atomic E-state index is 5.81. The minimum absolute atomic E-state index is 0.635. The highest BCUT2D eigenvalue weighted by Gasteiger charge is 2.09. The topological polar surface area (TPSA) is 4.93 Å². The molecule has 0 radical (unpaired) electrons. The Bertz CT molecular complexity index is 496. The maximum absolute atomic E-state index is 5.81. The molecule has 0 saturated heterocycles. The van der Waals surface area contributed by atoms with Crippen LogP contribution in [-0.4, -0.2) is 10.4 Å². The molecule has 0 N–H and O–H groups in total. The van der Waals surface area contributed by atoms with E-state index in [1.54, 1.807) is 0 Å². The van der Waals surface area contributed by atoms with Gasteiger partial charge in [-0.05, 0) is 13.0 Å². The van der Waals surface area contributed by atoms with Gasteiger partial charge in [0.1, 0.15) is 0 Å². The average Bonchev–Trinajstić information content (AvgIpc) is 2.53. The summed E-state index contributed by atoms with van der Waals surface area (Å²) in [7, 11) is 0. The Morgan fingerprint density at radius 2 is 2.13 bits per heavy atom. The van der Waals surface area contributed by atoms with Gasteiger partial charge in [-0.25, -0.2) is 0 Å². The van der Waals surface area contributed by atoms with Crippen molar-refractivity contribution < 1.29 is 0 Å². The van der Waals surface area contributed by atoms with Gasteiger partial charge in [0, 0.05) is 34.6 Å². The van der Waals surface area contributed by atoms with Gasteiger partial charge in [0.05, 0.1) is 0 Å². The van der Waals surface area contributed by atoms with E-state index < -0.39 is 0 Å². The summed E-state index contributed by atoms with van der Waals surface area (Å²) in [5, 5.41) is 1.26. The van der Waals surface area contributed by atoms with Crippen molar-refractivity contribution in [3.8, 4) is 0 Å². The molecule has 78 valence electrons. The number of nitrogens with zero attached hydrogens (tertiary/aromatic N) is 1. The van der Waals surface area contributed by atoms with Gasteiger partial charge in [0.15, 0.2) is 0 Å². The minimum Gasteiger partial charge on any atom is -0.343 e. The van der Waals surface area contributed by atoms with Crippen LogP contribution in [0.1, 0.15) is 11.3 Å². The van der Waals surface area contributed by atoms with E-state index in [1.807, 2.05) is 6.08 Å². The van der Waals surface area contributed by atoms with Crippen LogP contribution < -0.4 is 0 Å². The normalized spacial score (nSPS) is 10.8. The van der Waals surface area contributed by atoms with Gasteiger partial charge in [-0.3, -0.25) is 0 Å². The van der Waals surface area contributed by atoms with E-state index in [4.69, 9.17) is 11.6 Å². The van der Waals surface area contributed by atoms with Crippen molar-refractivity contribution >= 4 is 28.6 Å². The fraction of sp³-hybridized carbons (Fsp3) is 0.231. The standard InChI is InChI=1S/C13H14ClN/c1-3-11-10(2)15(9-8-14)13-7-5-4-6-12(11)13/h3-7H,1,8-9H2,2H3. The summed E-state index contributed by atoms with van der Waals surface area (Å²) in [6.07, 6.45) is 1.92. The van der Waals surface area contributed by atoms with E-state index in [-0.39, 0.29) is 0 Å². The lowest BCUT2D eigenvalue weighted by atomic mass is 10.1. The molecule has 0 amide bonds. The lowest BCUT2D eigenvalue weighted by Gasteiger charge is -2.04. The lowest BCUT2D eigenvalue weighted by Crippen LogP contribution is -2.00. The summed E-state index contributed by atoms with van der Waals surface area (Å²) in [6, 6.07) is 8.37. The highest BCUT2D eigenvalue weighted by molar-refractivity contribution is 6.17. The molecule has 0 unspecified atom stereocenters. The molecule has 0 saturated carbocycles. The molecule has 1 aromatic carbocycles. The fourth-order valence-corrected chi connectivity index (χ4v) is 2.26. The Morgan fingerprint density at radius 3 is 2.80 bits per heavy atom. The number of benzene rings is 1. The molecular formula is C13H14ClN. The van der Waals surface area contributed by atoms with Gasteiger partial charge in [-0.2, -0.15) is 0 Å². The minimum atomic E-state index is 0.635. The first-order chi connectivity index (χ1) is 7.29. The number of halogens is 1. The molecule has 0 bridgehead atoms. The molecule has 0 atom stereocenters. The highest BCUT2D eigenvalue weighted by Crippen LogP contribution is 2.26. The molecule has 2 rings (SSSR count). The maximum Gasteiger partial charge on any atom is 0.0489 e. The Morgan fingerprint density at radius 1 is 1.40 bits per heavy atom. The third kappa shape index (κ3) is 1.57. The van der Waals surface area contributed by atoms with Crippen LogP contribution in [0, 0.1) is 6.92 Å². The van der Waals surface area contributed by atoms with Crippen LogP contribution in [0.2, 0.25) is 0 Å². The number of hydrogen-bond donors (Lipinski definition) is 0. The molecule has 1 nitrogen and oxygen atoms in total. The first-order valence-corrected chi connectivity index (χ1v) is 5.59. The second kappa shape index (κ2) is 4.11. The number of rotatable bonds is 3. The van der Waals surface area contributed by atoms with Crippen LogP contribution >= 0.6 is 11.6 Å². The number of alkyl halides is 1. The number of hydrogen-bond acceptors (Lipinski definition) is 0. The Balaban J connectivity index is 2.78. The van der Waals surface area contributed by atoms with Gasteiger partial charge >= 0.3 is 0 Å². The predicted molar refractivity (Wildman–Crippen MR) is 67.5 cm³/mol. The van der Waals surface area contributed by atoms with E-state index in [0.717, 1.165) is 6.54 Å². The number of fused-ring (bicyclic) bond motifs is 1. The van der Waals surface area contributed by atoms with Gasteiger partial charge in [0.2, 0.25) is 0 Å². The van der Waals surface area contributed by atoms with E-state index in [0.29, 0.717) is 5.88 Å².